The Morgan fingerprint density at radius 2 is 1.03 bits per heavy atom. The molecule has 10 heteroatoms. The van der Waals surface area contributed by atoms with E-state index in [9.17, 15) is 4.79 Å². The van der Waals surface area contributed by atoms with E-state index in [-0.39, 0.29) is 13.2 Å². The van der Waals surface area contributed by atoms with Gasteiger partial charge in [-0.3, -0.25) is 0 Å². The summed E-state index contributed by atoms with van der Waals surface area (Å²) < 4.78 is 45.4. The first-order valence-corrected chi connectivity index (χ1v) is 11.5. The molecule has 0 aliphatic carbocycles. The lowest BCUT2D eigenvalue weighted by atomic mass is 10.3. The molecule has 2 aromatic carbocycles. The van der Waals surface area contributed by atoms with Crippen molar-refractivity contribution in [2.45, 2.75) is 6.10 Å². The number of fused-ring (bicyclic) bond motifs is 2. The topological polar surface area (TPSA) is 111 Å². The average molecular weight is 493 g/mol. The lowest BCUT2D eigenvalue weighted by molar-refractivity contribution is -0.145. The molecule has 0 bridgehead atoms. The molecule has 2 aromatic rings. The summed E-state index contributed by atoms with van der Waals surface area (Å²) in [6.45, 7) is 2.90. The van der Waals surface area contributed by atoms with Crippen molar-refractivity contribution in [2.24, 2.45) is 0 Å². The van der Waals surface area contributed by atoms with Gasteiger partial charge in [-0.05, 0) is 24.3 Å². The van der Waals surface area contributed by atoms with Gasteiger partial charge in [0.25, 0.3) is 0 Å². The first kappa shape index (κ1) is 26.6. The van der Waals surface area contributed by atoms with E-state index in [1.165, 1.54) is 0 Å². The smallest absolute Gasteiger partial charge is 0.329 e. The van der Waals surface area contributed by atoms with Crippen molar-refractivity contribution in [1.29, 1.82) is 0 Å². The molecule has 0 saturated carbocycles. The van der Waals surface area contributed by atoms with Crippen molar-refractivity contribution in [3.05, 3.63) is 48.5 Å². The Kier molecular flexibility index (Phi) is 12.0. The summed E-state index contributed by atoms with van der Waals surface area (Å²) in [5.41, 5.74) is 0. The highest BCUT2D eigenvalue weighted by Gasteiger charge is 2.17. The van der Waals surface area contributed by atoms with Crippen LogP contribution < -0.4 is 18.9 Å². The molecule has 0 spiro atoms. The Labute approximate surface area is 204 Å². The van der Waals surface area contributed by atoms with Gasteiger partial charge in [0.05, 0.1) is 39.6 Å². The van der Waals surface area contributed by atoms with Crippen molar-refractivity contribution in [2.75, 3.05) is 72.7 Å². The Morgan fingerprint density at radius 1 is 0.657 bits per heavy atom. The molecular formula is C25H32O10. The van der Waals surface area contributed by atoms with E-state index in [4.69, 9.17) is 43.0 Å². The Bertz CT molecular complexity index is 813. The highest BCUT2D eigenvalue weighted by atomic mass is 16.6. The molecule has 0 atom stereocenters. The van der Waals surface area contributed by atoms with Gasteiger partial charge in [0, 0.05) is 0 Å². The standard InChI is InChI=1S/C25H32O10/c26-25(27)19-33-20-17-34-23-7-3-1-5-21(23)31-15-13-29-11-9-28-10-12-30-14-16-32-22-6-2-4-8-24(22)35-18-20/h1-8,20H,9-19H2,(H,26,27). The molecule has 0 radical (unpaired) electrons. The number of ether oxygens (including phenoxy) is 8. The third kappa shape index (κ3) is 10.4. The molecule has 3 rings (SSSR count). The number of carbonyl (C=O) groups is 1. The van der Waals surface area contributed by atoms with Gasteiger partial charge in [-0.2, -0.15) is 0 Å². The number of carboxylic acids is 1. The third-order valence-electron chi connectivity index (χ3n) is 4.70. The molecule has 0 fully saturated rings. The zero-order chi connectivity index (χ0) is 24.6. The van der Waals surface area contributed by atoms with Crippen LogP contribution in [-0.2, 0) is 23.7 Å². The molecule has 0 saturated heterocycles. The second-order valence-corrected chi connectivity index (χ2v) is 7.38. The summed E-state index contributed by atoms with van der Waals surface area (Å²) >= 11 is 0. The maximum absolute atomic E-state index is 11.1. The molecule has 192 valence electrons. The fourth-order valence-electron chi connectivity index (χ4n) is 3.04. The highest BCUT2D eigenvalue weighted by molar-refractivity contribution is 5.68. The minimum Gasteiger partial charge on any atom is -0.487 e. The molecule has 1 aliphatic heterocycles. The summed E-state index contributed by atoms with van der Waals surface area (Å²) in [6, 6.07) is 14.4. The maximum atomic E-state index is 11.1. The van der Waals surface area contributed by atoms with Crippen molar-refractivity contribution < 1.29 is 47.8 Å². The van der Waals surface area contributed by atoms with Crippen LogP contribution in [0.5, 0.6) is 23.0 Å². The van der Waals surface area contributed by atoms with Crippen molar-refractivity contribution in [3.8, 4) is 23.0 Å². The predicted octanol–water partition coefficient (Wildman–Crippen LogP) is 2.44. The van der Waals surface area contributed by atoms with Crippen LogP contribution >= 0.6 is 0 Å². The van der Waals surface area contributed by atoms with Gasteiger partial charge in [0.1, 0.15) is 39.1 Å². The van der Waals surface area contributed by atoms with E-state index in [1.807, 2.05) is 24.3 Å². The van der Waals surface area contributed by atoms with E-state index in [2.05, 4.69) is 0 Å². The number of aliphatic carboxylic acids is 1. The number of para-hydroxylation sites is 4. The monoisotopic (exact) mass is 492 g/mol. The quantitative estimate of drug-likeness (QED) is 0.686. The van der Waals surface area contributed by atoms with Crippen molar-refractivity contribution >= 4 is 5.97 Å². The number of benzene rings is 2. The molecule has 1 heterocycles. The van der Waals surface area contributed by atoms with E-state index in [0.29, 0.717) is 75.9 Å². The summed E-state index contributed by atoms with van der Waals surface area (Å²) in [5, 5.41) is 9.05. The largest absolute Gasteiger partial charge is 0.487 e. The minimum atomic E-state index is -1.08. The van der Waals surface area contributed by atoms with Gasteiger partial charge >= 0.3 is 5.97 Å². The van der Waals surface area contributed by atoms with Gasteiger partial charge in [0.2, 0.25) is 0 Å². The second kappa shape index (κ2) is 15.8. The highest BCUT2D eigenvalue weighted by Crippen LogP contribution is 2.28. The molecule has 1 aliphatic rings. The Morgan fingerprint density at radius 3 is 1.43 bits per heavy atom. The fourth-order valence-corrected chi connectivity index (χ4v) is 3.04. The molecule has 10 nitrogen and oxygen atoms in total. The molecule has 0 amide bonds. The van der Waals surface area contributed by atoms with Crippen LogP contribution in [0.3, 0.4) is 0 Å². The predicted molar refractivity (Wildman–Crippen MR) is 125 cm³/mol. The summed E-state index contributed by atoms with van der Waals surface area (Å²) in [5.74, 6) is 1.02. The first-order valence-electron chi connectivity index (χ1n) is 11.5. The summed E-state index contributed by atoms with van der Waals surface area (Å²) in [4.78, 5) is 11.1. The SMILES string of the molecule is O=C(O)COC1COc2ccccc2OCCOCCOCCOCCOc2ccccc2OC1. The zero-order valence-corrected chi connectivity index (χ0v) is 19.6. The van der Waals surface area contributed by atoms with Crippen molar-refractivity contribution in [1.82, 2.24) is 0 Å². The van der Waals surface area contributed by atoms with Crippen LogP contribution in [0.25, 0.3) is 0 Å². The summed E-state index contributed by atoms with van der Waals surface area (Å²) in [6.07, 6.45) is -0.656. The molecule has 0 aromatic heterocycles. The number of hydrogen-bond acceptors (Lipinski definition) is 9. The van der Waals surface area contributed by atoms with Gasteiger partial charge in [-0.1, -0.05) is 24.3 Å². The van der Waals surface area contributed by atoms with Gasteiger partial charge in [-0.25, -0.2) is 4.79 Å². The van der Waals surface area contributed by atoms with Gasteiger partial charge in [-0.15, -0.1) is 0 Å². The molecular weight excluding hydrogens is 460 g/mol. The molecule has 35 heavy (non-hydrogen) atoms. The van der Waals surface area contributed by atoms with E-state index < -0.39 is 18.7 Å². The Balaban J connectivity index is 1.67. The zero-order valence-electron chi connectivity index (χ0n) is 19.6. The van der Waals surface area contributed by atoms with E-state index >= 15 is 0 Å². The van der Waals surface area contributed by atoms with Crippen LogP contribution in [-0.4, -0.2) is 89.9 Å². The van der Waals surface area contributed by atoms with E-state index in [0.717, 1.165) is 0 Å². The average Bonchev–Trinajstić information content (AvgIpc) is 2.87. The molecule has 1 N–H and O–H groups in total. The van der Waals surface area contributed by atoms with Crippen LogP contribution in [0.4, 0.5) is 0 Å². The van der Waals surface area contributed by atoms with E-state index in [1.54, 1.807) is 24.3 Å². The Hall–Kier alpha value is -3.05. The summed E-state index contributed by atoms with van der Waals surface area (Å²) in [7, 11) is 0. The number of hydrogen-bond donors (Lipinski definition) is 1. The fraction of sp³-hybridized carbons (Fsp3) is 0.480. The van der Waals surface area contributed by atoms with Crippen molar-refractivity contribution in [3.63, 3.8) is 0 Å². The van der Waals surface area contributed by atoms with Gasteiger partial charge < -0.3 is 43.0 Å². The number of carboxylic acid groups (broad SMARTS) is 1. The molecule has 0 unspecified atom stereocenters. The van der Waals surface area contributed by atoms with Crippen LogP contribution in [0.1, 0.15) is 0 Å². The first-order chi connectivity index (χ1) is 17.2. The van der Waals surface area contributed by atoms with Gasteiger partial charge in [0.15, 0.2) is 23.0 Å². The van der Waals surface area contributed by atoms with Crippen LogP contribution in [0.15, 0.2) is 48.5 Å². The third-order valence-corrected chi connectivity index (χ3v) is 4.70. The lowest BCUT2D eigenvalue weighted by Gasteiger charge is -2.20. The second-order valence-electron chi connectivity index (χ2n) is 7.38. The maximum Gasteiger partial charge on any atom is 0.329 e. The van der Waals surface area contributed by atoms with Crippen LogP contribution in [0, 0.1) is 0 Å². The van der Waals surface area contributed by atoms with Crippen LogP contribution in [0.2, 0.25) is 0 Å². The minimum absolute atomic E-state index is 0.0539. The lowest BCUT2D eigenvalue weighted by Crippen LogP contribution is -2.31. The normalized spacial score (nSPS) is 17.5. The number of rotatable bonds is 3.